The SMILES string of the molecule is CCOc1ccccc1NC(=O)/C(C#N)=C/c1cccc(OCc2ccccc2)c1. The summed E-state index contributed by atoms with van der Waals surface area (Å²) in [6.07, 6.45) is 1.54. The maximum Gasteiger partial charge on any atom is 0.266 e. The number of nitrogens with one attached hydrogen (secondary N) is 1. The number of hydrogen-bond donors (Lipinski definition) is 1. The molecule has 150 valence electrons. The highest BCUT2D eigenvalue weighted by Gasteiger charge is 2.12. The van der Waals surface area contributed by atoms with E-state index in [-0.39, 0.29) is 5.57 Å². The largest absolute Gasteiger partial charge is 0.492 e. The Morgan fingerprint density at radius 3 is 2.53 bits per heavy atom. The van der Waals surface area contributed by atoms with E-state index in [1.54, 1.807) is 24.3 Å². The quantitative estimate of drug-likeness (QED) is 0.418. The van der Waals surface area contributed by atoms with Crippen molar-refractivity contribution in [1.29, 1.82) is 5.26 Å². The van der Waals surface area contributed by atoms with E-state index >= 15 is 0 Å². The summed E-state index contributed by atoms with van der Waals surface area (Å²) in [6.45, 7) is 2.78. The second kappa shape index (κ2) is 10.5. The van der Waals surface area contributed by atoms with Gasteiger partial charge in [0.2, 0.25) is 0 Å². The molecule has 0 aliphatic carbocycles. The van der Waals surface area contributed by atoms with Crippen molar-refractivity contribution in [3.05, 3.63) is 95.6 Å². The summed E-state index contributed by atoms with van der Waals surface area (Å²) >= 11 is 0. The molecule has 0 fully saturated rings. The van der Waals surface area contributed by atoms with Gasteiger partial charge in [0.25, 0.3) is 5.91 Å². The number of para-hydroxylation sites is 2. The Labute approximate surface area is 176 Å². The fraction of sp³-hybridized carbons (Fsp3) is 0.120. The van der Waals surface area contributed by atoms with Crippen LogP contribution in [-0.2, 0) is 11.4 Å². The van der Waals surface area contributed by atoms with Gasteiger partial charge in [-0.2, -0.15) is 5.26 Å². The van der Waals surface area contributed by atoms with Crippen LogP contribution in [0.15, 0.2) is 84.4 Å². The highest BCUT2D eigenvalue weighted by molar-refractivity contribution is 6.10. The molecule has 3 rings (SSSR count). The summed E-state index contributed by atoms with van der Waals surface area (Å²) in [5.41, 5.74) is 2.26. The van der Waals surface area contributed by atoms with Gasteiger partial charge in [-0.3, -0.25) is 4.79 Å². The predicted molar refractivity (Wildman–Crippen MR) is 117 cm³/mol. The summed E-state index contributed by atoms with van der Waals surface area (Å²) in [5.74, 6) is 0.717. The molecule has 0 unspecified atom stereocenters. The van der Waals surface area contributed by atoms with E-state index in [2.05, 4.69) is 5.32 Å². The summed E-state index contributed by atoms with van der Waals surface area (Å²) in [7, 11) is 0. The molecule has 0 spiro atoms. The second-order valence-electron chi connectivity index (χ2n) is 6.40. The van der Waals surface area contributed by atoms with Crippen LogP contribution in [0.3, 0.4) is 0 Å². The van der Waals surface area contributed by atoms with Gasteiger partial charge in [0.1, 0.15) is 29.7 Å². The van der Waals surface area contributed by atoms with E-state index in [0.29, 0.717) is 36.0 Å². The number of ether oxygens (including phenoxy) is 2. The molecule has 0 radical (unpaired) electrons. The van der Waals surface area contributed by atoms with Gasteiger partial charge in [-0.05, 0) is 48.4 Å². The standard InChI is InChI=1S/C25H22N2O3/c1-2-29-24-14-7-6-13-23(24)27-25(28)21(17-26)15-20-11-8-12-22(16-20)30-18-19-9-4-3-5-10-19/h3-16H,2,18H2,1H3,(H,27,28)/b21-15+. The minimum Gasteiger partial charge on any atom is -0.492 e. The van der Waals surface area contributed by atoms with Gasteiger partial charge >= 0.3 is 0 Å². The van der Waals surface area contributed by atoms with Crippen molar-refractivity contribution in [2.75, 3.05) is 11.9 Å². The number of hydrogen-bond acceptors (Lipinski definition) is 4. The first kappa shape index (κ1) is 20.7. The summed E-state index contributed by atoms with van der Waals surface area (Å²) < 4.78 is 11.3. The molecule has 5 nitrogen and oxygen atoms in total. The van der Waals surface area contributed by atoms with E-state index < -0.39 is 5.91 Å². The fourth-order valence-electron chi connectivity index (χ4n) is 2.79. The molecule has 3 aromatic rings. The predicted octanol–water partition coefficient (Wildman–Crippen LogP) is 5.21. The van der Waals surface area contributed by atoms with E-state index in [1.807, 2.05) is 67.6 Å². The summed E-state index contributed by atoms with van der Waals surface area (Å²) in [6, 6.07) is 26.2. The van der Waals surface area contributed by atoms with E-state index in [4.69, 9.17) is 9.47 Å². The highest BCUT2D eigenvalue weighted by atomic mass is 16.5. The van der Waals surface area contributed by atoms with E-state index in [9.17, 15) is 10.1 Å². The Balaban J connectivity index is 1.72. The fourth-order valence-corrected chi connectivity index (χ4v) is 2.79. The molecular formula is C25H22N2O3. The Hall–Kier alpha value is -4.04. The topological polar surface area (TPSA) is 71.3 Å². The van der Waals surface area contributed by atoms with Gasteiger partial charge in [-0.25, -0.2) is 0 Å². The molecule has 0 heterocycles. The molecule has 1 amide bonds. The zero-order valence-electron chi connectivity index (χ0n) is 16.7. The number of nitrogens with zero attached hydrogens (tertiary/aromatic N) is 1. The van der Waals surface area contributed by atoms with Gasteiger partial charge in [0, 0.05) is 0 Å². The lowest BCUT2D eigenvalue weighted by Crippen LogP contribution is -2.14. The molecule has 0 saturated heterocycles. The molecule has 0 atom stereocenters. The molecule has 5 heteroatoms. The smallest absolute Gasteiger partial charge is 0.266 e. The molecule has 30 heavy (non-hydrogen) atoms. The average molecular weight is 398 g/mol. The lowest BCUT2D eigenvalue weighted by atomic mass is 10.1. The van der Waals surface area contributed by atoms with Crippen LogP contribution in [0.25, 0.3) is 6.08 Å². The van der Waals surface area contributed by atoms with E-state index in [1.165, 1.54) is 6.08 Å². The number of carbonyl (C=O) groups excluding carboxylic acids is 1. The van der Waals surface area contributed by atoms with Crippen molar-refractivity contribution >= 4 is 17.7 Å². The number of amides is 1. The first-order valence-corrected chi connectivity index (χ1v) is 9.61. The van der Waals surface area contributed by atoms with Crippen LogP contribution in [0.1, 0.15) is 18.1 Å². The monoisotopic (exact) mass is 398 g/mol. The normalized spacial score (nSPS) is 10.7. The van der Waals surface area contributed by atoms with Gasteiger partial charge in [-0.15, -0.1) is 0 Å². The Morgan fingerprint density at radius 1 is 1.00 bits per heavy atom. The number of nitriles is 1. The highest BCUT2D eigenvalue weighted by Crippen LogP contribution is 2.24. The van der Waals surface area contributed by atoms with Crippen molar-refractivity contribution in [3.63, 3.8) is 0 Å². The summed E-state index contributed by atoms with van der Waals surface area (Å²) in [5, 5.41) is 12.2. The third kappa shape index (κ3) is 5.73. The van der Waals surface area contributed by atoms with Crippen molar-refractivity contribution in [1.82, 2.24) is 0 Å². The maximum absolute atomic E-state index is 12.6. The van der Waals surface area contributed by atoms with Crippen LogP contribution < -0.4 is 14.8 Å². The second-order valence-corrected chi connectivity index (χ2v) is 6.40. The van der Waals surface area contributed by atoms with Crippen molar-refractivity contribution < 1.29 is 14.3 Å². The molecular weight excluding hydrogens is 376 g/mol. The number of carbonyl (C=O) groups is 1. The van der Waals surface area contributed by atoms with Crippen LogP contribution >= 0.6 is 0 Å². The number of benzene rings is 3. The van der Waals surface area contributed by atoms with Gasteiger partial charge in [0.15, 0.2) is 0 Å². The van der Waals surface area contributed by atoms with Gasteiger partial charge < -0.3 is 14.8 Å². The molecule has 0 aliphatic heterocycles. The van der Waals surface area contributed by atoms with Crippen LogP contribution in [-0.4, -0.2) is 12.5 Å². The Kier molecular flexibility index (Phi) is 7.23. The molecule has 3 aromatic carbocycles. The lowest BCUT2D eigenvalue weighted by molar-refractivity contribution is -0.112. The first-order valence-electron chi connectivity index (χ1n) is 9.61. The van der Waals surface area contributed by atoms with Gasteiger partial charge in [0.05, 0.1) is 12.3 Å². The maximum atomic E-state index is 12.6. The van der Waals surface area contributed by atoms with E-state index in [0.717, 1.165) is 5.56 Å². The van der Waals surface area contributed by atoms with Crippen molar-refractivity contribution in [2.24, 2.45) is 0 Å². The number of anilines is 1. The zero-order chi connectivity index (χ0) is 21.2. The minimum absolute atomic E-state index is 0.0125. The number of rotatable bonds is 8. The Morgan fingerprint density at radius 2 is 1.77 bits per heavy atom. The minimum atomic E-state index is -0.500. The van der Waals surface area contributed by atoms with Crippen LogP contribution in [0.5, 0.6) is 11.5 Å². The zero-order valence-corrected chi connectivity index (χ0v) is 16.7. The van der Waals surface area contributed by atoms with Crippen molar-refractivity contribution in [2.45, 2.75) is 13.5 Å². The lowest BCUT2D eigenvalue weighted by Gasteiger charge is -2.11. The summed E-state index contributed by atoms with van der Waals surface area (Å²) in [4.78, 5) is 12.6. The molecule has 1 N–H and O–H groups in total. The Bertz CT molecular complexity index is 1070. The molecule has 0 saturated carbocycles. The van der Waals surface area contributed by atoms with Gasteiger partial charge in [-0.1, -0.05) is 54.6 Å². The molecule has 0 bridgehead atoms. The molecule has 0 aromatic heterocycles. The average Bonchev–Trinajstić information content (AvgIpc) is 2.78. The van der Waals surface area contributed by atoms with Crippen LogP contribution in [0.4, 0.5) is 5.69 Å². The third-order valence-electron chi connectivity index (χ3n) is 4.22. The van der Waals surface area contributed by atoms with Crippen molar-refractivity contribution in [3.8, 4) is 17.6 Å². The first-order chi connectivity index (χ1) is 14.7. The van der Waals surface area contributed by atoms with Crippen LogP contribution in [0, 0.1) is 11.3 Å². The third-order valence-corrected chi connectivity index (χ3v) is 4.22. The molecule has 0 aliphatic rings. The van der Waals surface area contributed by atoms with Crippen LogP contribution in [0.2, 0.25) is 0 Å².